The number of benzene rings is 2. The van der Waals surface area contributed by atoms with Crippen molar-refractivity contribution in [2.75, 3.05) is 31.3 Å². The molecule has 6 rings (SSSR count). The van der Waals surface area contributed by atoms with Gasteiger partial charge in [0.05, 0.1) is 5.41 Å². The molecule has 3 aromatic rings. The second kappa shape index (κ2) is 6.79. The van der Waals surface area contributed by atoms with Gasteiger partial charge in [-0.3, -0.25) is 4.98 Å². The summed E-state index contributed by atoms with van der Waals surface area (Å²) < 4.78 is 56.2. The molecule has 0 saturated carbocycles. The maximum absolute atomic E-state index is 12.9. The molecule has 0 saturated heterocycles. The van der Waals surface area contributed by atoms with Gasteiger partial charge in [0.25, 0.3) is 0 Å². The number of pyridine rings is 1. The van der Waals surface area contributed by atoms with Gasteiger partial charge in [-0.1, -0.05) is 24.3 Å². The second-order valence-corrected chi connectivity index (χ2v) is 8.29. The molecule has 3 aliphatic heterocycles. The molecule has 0 amide bonds. The predicted molar refractivity (Wildman–Crippen MR) is 110 cm³/mol. The van der Waals surface area contributed by atoms with Crippen LogP contribution in [0.25, 0.3) is 0 Å². The average molecular weight is 440 g/mol. The van der Waals surface area contributed by atoms with Crippen LogP contribution in [-0.4, -0.2) is 31.3 Å². The SMILES string of the molecule is FC(F)(F)c1ccc(CN2CC3(COc4cc5c(cc43)OCCO5)c3ccccc32)cn1. The number of alkyl halides is 3. The molecule has 1 aromatic heterocycles. The third-order valence-corrected chi connectivity index (χ3v) is 6.34. The molecule has 32 heavy (non-hydrogen) atoms. The van der Waals surface area contributed by atoms with Gasteiger partial charge in [-0.25, -0.2) is 0 Å². The standard InChI is InChI=1S/C24H19F3N2O3/c25-24(26,27)22-6-5-15(11-28-22)12-29-13-23(16-3-1-2-4-18(16)29)14-32-19-10-21-20(9-17(19)23)30-7-8-31-21/h1-6,9-11H,7-8,12-14H2. The van der Waals surface area contributed by atoms with E-state index in [-0.39, 0.29) is 5.41 Å². The van der Waals surface area contributed by atoms with Crippen molar-refractivity contribution in [3.63, 3.8) is 0 Å². The van der Waals surface area contributed by atoms with Gasteiger partial charge in [0.15, 0.2) is 11.5 Å². The van der Waals surface area contributed by atoms with Gasteiger partial charge in [-0.2, -0.15) is 13.2 Å². The van der Waals surface area contributed by atoms with Gasteiger partial charge in [0.2, 0.25) is 0 Å². The lowest BCUT2D eigenvalue weighted by Crippen LogP contribution is -2.36. The fourth-order valence-electron chi connectivity index (χ4n) is 4.89. The number of nitrogens with zero attached hydrogens (tertiary/aromatic N) is 2. The Bertz CT molecular complexity index is 1200. The Labute approximate surface area is 182 Å². The van der Waals surface area contributed by atoms with Gasteiger partial charge < -0.3 is 19.1 Å². The lowest BCUT2D eigenvalue weighted by molar-refractivity contribution is -0.141. The number of hydrogen-bond acceptors (Lipinski definition) is 5. The quantitative estimate of drug-likeness (QED) is 0.584. The van der Waals surface area contributed by atoms with Crippen molar-refractivity contribution in [3.8, 4) is 17.2 Å². The Hall–Kier alpha value is -3.42. The Morgan fingerprint density at radius 2 is 1.69 bits per heavy atom. The Morgan fingerprint density at radius 1 is 0.906 bits per heavy atom. The highest BCUT2D eigenvalue weighted by Crippen LogP contribution is 2.54. The van der Waals surface area contributed by atoms with Crippen LogP contribution in [0.1, 0.15) is 22.4 Å². The minimum atomic E-state index is -4.45. The highest BCUT2D eigenvalue weighted by Gasteiger charge is 2.50. The molecule has 5 nitrogen and oxygen atoms in total. The van der Waals surface area contributed by atoms with E-state index in [0.29, 0.717) is 50.0 Å². The second-order valence-electron chi connectivity index (χ2n) is 8.29. The topological polar surface area (TPSA) is 43.8 Å². The van der Waals surface area contributed by atoms with Crippen molar-refractivity contribution in [2.24, 2.45) is 0 Å². The van der Waals surface area contributed by atoms with E-state index in [4.69, 9.17) is 14.2 Å². The van der Waals surface area contributed by atoms with Crippen LogP contribution in [0.3, 0.4) is 0 Å². The summed E-state index contributed by atoms with van der Waals surface area (Å²) in [7, 11) is 0. The number of fused-ring (bicyclic) bond motifs is 5. The molecular formula is C24H19F3N2O3. The van der Waals surface area contributed by atoms with Crippen molar-refractivity contribution in [1.82, 2.24) is 4.98 Å². The predicted octanol–water partition coefficient (Wildman–Crippen LogP) is 4.57. The maximum atomic E-state index is 12.9. The van der Waals surface area contributed by atoms with E-state index in [1.807, 2.05) is 30.3 Å². The maximum Gasteiger partial charge on any atom is 0.433 e. The normalized spacial score (nSPS) is 20.8. The molecule has 1 unspecified atom stereocenters. The molecule has 0 aliphatic carbocycles. The highest BCUT2D eigenvalue weighted by atomic mass is 19.4. The molecule has 0 bridgehead atoms. The lowest BCUT2D eigenvalue weighted by Gasteiger charge is -2.26. The summed E-state index contributed by atoms with van der Waals surface area (Å²) in [5, 5.41) is 0. The summed E-state index contributed by atoms with van der Waals surface area (Å²) >= 11 is 0. The van der Waals surface area contributed by atoms with Crippen molar-refractivity contribution < 1.29 is 27.4 Å². The van der Waals surface area contributed by atoms with E-state index in [0.717, 1.165) is 28.6 Å². The summed E-state index contributed by atoms with van der Waals surface area (Å²) in [5.41, 5.74) is 2.66. The van der Waals surface area contributed by atoms with E-state index >= 15 is 0 Å². The summed E-state index contributed by atoms with van der Waals surface area (Å²) in [6.07, 6.45) is -3.14. The summed E-state index contributed by atoms with van der Waals surface area (Å²) in [6, 6.07) is 14.5. The molecule has 164 valence electrons. The summed E-state index contributed by atoms with van der Waals surface area (Å²) in [6.45, 7) is 2.58. The zero-order valence-electron chi connectivity index (χ0n) is 17.0. The van der Waals surface area contributed by atoms with Gasteiger partial charge in [0, 0.05) is 36.6 Å². The Balaban J connectivity index is 1.37. The number of hydrogen-bond donors (Lipinski definition) is 0. The first-order valence-corrected chi connectivity index (χ1v) is 10.4. The number of rotatable bonds is 2. The molecular weight excluding hydrogens is 421 g/mol. The summed E-state index contributed by atoms with van der Waals surface area (Å²) in [4.78, 5) is 5.79. The Kier molecular flexibility index (Phi) is 4.09. The first-order chi connectivity index (χ1) is 15.4. The van der Waals surface area contributed by atoms with Crippen LogP contribution in [0.15, 0.2) is 54.7 Å². The number of para-hydroxylation sites is 1. The van der Waals surface area contributed by atoms with E-state index in [1.54, 1.807) is 0 Å². The van der Waals surface area contributed by atoms with E-state index in [2.05, 4.69) is 16.0 Å². The first kappa shape index (κ1) is 19.3. The van der Waals surface area contributed by atoms with Crippen LogP contribution in [0.5, 0.6) is 17.2 Å². The zero-order chi connectivity index (χ0) is 21.9. The monoisotopic (exact) mass is 440 g/mol. The highest BCUT2D eigenvalue weighted by molar-refractivity contribution is 5.70. The third kappa shape index (κ3) is 2.89. The smallest absolute Gasteiger partial charge is 0.433 e. The third-order valence-electron chi connectivity index (χ3n) is 6.34. The molecule has 1 spiro atoms. The van der Waals surface area contributed by atoms with Crippen LogP contribution in [-0.2, 0) is 18.1 Å². The van der Waals surface area contributed by atoms with E-state index in [9.17, 15) is 13.2 Å². The number of ether oxygens (including phenoxy) is 3. The van der Waals surface area contributed by atoms with Crippen molar-refractivity contribution in [2.45, 2.75) is 18.1 Å². The van der Waals surface area contributed by atoms with Crippen LogP contribution in [0.4, 0.5) is 18.9 Å². The zero-order valence-corrected chi connectivity index (χ0v) is 17.0. The van der Waals surface area contributed by atoms with Gasteiger partial charge in [-0.05, 0) is 29.3 Å². The van der Waals surface area contributed by atoms with Crippen LogP contribution in [0, 0.1) is 0 Å². The molecule has 1 atom stereocenters. The minimum absolute atomic E-state index is 0.388. The molecule has 0 N–H and O–H groups in total. The number of halogens is 3. The van der Waals surface area contributed by atoms with Crippen molar-refractivity contribution in [1.29, 1.82) is 0 Å². The van der Waals surface area contributed by atoms with Gasteiger partial charge >= 0.3 is 6.18 Å². The molecule has 4 heterocycles. The van der Waals surface area contributed by atoms with Crippen LogP contribution >= 0.6 is 0 Å². The van der Waals surface area contributed by atoms with Crippen molar-refractivity contribution in [3.05, 3.63) is 77.1 Å². The van der Waals surface area contributed by atoms with Crippen LogP contribution in [0.2, 0.25) is 0 Å². The first-order valence-electron chi connectivity index (χ1n) is 10.4. The molecule has 8 heteroatoms. The average Bonchev–Trinajstić information content (AvgIpc) is 3.31. The molecule has 2 aromatic carbocycles. The van der Waals surface area contributed by atoms with E-state index in [1.165, 1.54) is 12.3 Å². The van der Waals surface area contributed by atoms with Crippen LogP contribution < -0.4 is 19.1 Å². The van der Waals surface area contributed by atoms with Gasteiger partial charge in [0.1, 0.15) is 31.3 Å². The molecule has 0 fully saturated rings. The van der Waals surface area contributed by atoms with Crippen molar-refractivity contribution >= 4 is 5.69 Å². The fourth-order valence-corrected chi connectivity index (χ4v) is 4.89. The molecule has 3 aliphatic rings. The summed E-state index contributed by atoms with van der Waals surface area (Å²) in [5.74, 6) is 2.18. The largest absolute Gasteiger partial charge is 0.492 e. The Morgan fingerprint density at radius 3 is 2.44 bits per heavy atom. The molecule has 0 radical (unpaired) electrons. The number of aromatic nitrogens is 1. The van der Waals surface area contributed by atoms with E-state index < -0.39 is 11.9 Å². The number of anilines is 1. The van der Waals surface area contributed by atoms with Gasteiger partial charge in [-0.15, -0.1) is 0 Å². The lowest BCUT2D eigenvalue weighted by atomic mass is 9.77. The fraction of sp³-hybridized carbons (Fsp3) is 0.292. The minimum Gasteiger partial charge on any atom is -0.492 e.